The van der Waals surface area contributed by atoms with Crippen LogP contribution >= 0.6 is 11.6 Å². The van der Waals surface area contributed by atoms with Crippen molar-refractivity contribution >= 4 is 34.1 Å². The number of nitrogens with two attached hydrogens (primary N) is 1. The van der Waals surface area contributed by atoms with Crippen molar-refractivity contribution in [3.05, 3.63) is 102 Å². The first-order valence-electron chi connectivity index (χ1n) is 13.0. The third-order valence-corrected chi connectivity index (χ3v) is 7.47. The molecule has 1 fully saturated rings. The molecule has 3 aromatic carbocycles. The molecule has 1 saturated carbocycles. The highest BCUT2D eigenvalue weighted by Crippen LogP contribution is 2.35. The Bertz CT molecular complexity index is 1540. The van der Waals surface area contributed by atoms with E-state index in [1.54, 1.807) is 6.20 Å². The van der Waals surface area contributed by atoms with Crippen molar-refractivity contribution in [3.63, 3.8) is 0 Å². The summed E-state index contributed by atoms with van der Waals surface area (Å²) in [5.41, 5.74) is 11.7. The number of nitrogens with one attached hydrogen (secondary N) is 1. The Morgan fingerprint density at radius 2 is 1.74 bits per heavy atom. The quantitative estimate of drug-likeness (QED) is 0.219. The molecule has 6 rings (SSSR count). The van der Waals surface area contributed by atoms with Crippen molar-refractivity contribution in [2.75, 3.05) is 11.1 Å². The molecule has 2 aromatic heterocycles. The molecule has 5 aromatic rings. The molecule has 0 spiro atoms. The minimum atomic E-state index is 0.250. The summed E-state index contributed by atoms with van der Waals surface area (Å²) in [6.07, 6.45) is 8.03. The molecule has 38 heavy (non-hydrogen) atoms. The van der Waals surface area contributed by atoms with Crippen LogP contribution in [0.15, 0.2) is 91.3 Å². The van der Waals surface area contributed by atoms with Crippen molar-refractivity contribution in [2.45, 2.75) is 44.4 Å². The van der Waals surface area contributed by atoms with Gasteiger partial charge in [-0.05, 0) is 61.6 Å². The van der Waals surface area contributed by atoms with Gasteiger partial charge in [0.05, 0.1) is 35.1 Å². The number of fused-ring (bicyclic) bond motifs is 1. The van der Waals surface area contributed by atoms with Crippen LogP contribution in [0.5, 0.6) is 0 Å². The normalized spacial score (nSPS) is 17.5. The topological polar surface area (TPSA) is 78.0 Å². The SMILES string of the molecule is Nc1cccc(COC2CCC(Nc3ncc(Cl)c(-c4cn(-c5ccccc5)c5ccccc45)n3)CC2)c1. The maximum Gasteiger partial charge on any atom is 0.223 e. The summed E-state index contributed by atoms with van der Waals surface area (Å²) in [5, 5.41) is 5.18. The number of aromatic nitrogens is 3. The van der Waals surface area contributed by atoms with Crippen molar-refractivity contribution in [1.82, 2.24) is 14.5 Å². The highest BCUT2D eigenvalue weighted by atomic mass is 35.5. The first kappa shape index (κ1) is 24.5. The molecule has 6 nitrogen and oxygen atoms in total. The third kappa shape index (κ3) is 5.23. The van der Waals surface area contributed by atoms with Gasteiger partial charge in [0.2, 0.25) is 5.95 Å². The average molecular weight is 524 g/mol. The van der Waals surface area contributed by atoms with E-state index >= 15 is 0 Å². The van der Waals surface area contributed by atoms with Gasteiger partial charge in [0, 0.05) is 34.6 Å². The maximum atomic E-state index is 6.66. The van der Waals surface area contributed by atoms with Gasteiger partial charge in [0.15, 0.2) is 0 Å². The molecule has 0 unspecified atom stereocenters. The zero-order valence-electron chi connectivity index (χ0n) is 21.1. The second-order valence-electron chi connectivity index (χ2n) is 9.83. The lowest BCUT2D eigenvalue weighted by atomic mass is 9.93. The van der Waals surface area contributed by atoms with Gasteiger partial charge in [0.25, 0.3) is 0 Å². The van der Waals surface area contributed by atoms with Crippen molar-refractivity contribution < 1.29 is 4.74 Å². The number of benzene rings is 3. The molecule has 0 saturated heterocycles. The largest absolute Gasteiger partial charge is 0.399 e. The second-order valence-corrected chi connectivity index (χ2v) is 10.2. The molecule has 0 radical (unpaired) electrons. The minimum absolute atomic E-state index is 0.250. The molecule has 1 aliphatic carbocycles. The lowest BCUT2D eigenvalue weighted by Crippen LogP contribution is -2.30. The smallest absolute Gasteiger partial charge is 0.223 e. The number of ether oxygens (including phenoxy) is 1. The summed E-state index contributed by atoms with van der Waals surface area (Å²) in [7, 11) is 0. The van der Waals surface area contributed by atoms with Gasteiger partial charge in [-0.2, -0.15) is 0 Å². The standard InChI is InChI=1S/C31H30ClN5O/c32-28-18-34-31(35-23-13-15-25(16-14-23)38-20-21-7-6-8-22(33)17-21)36-30(28)27-19-37(24-9-2-1-3-10-24)29-12-5-4-11-26(27)29/h1-12,17-19,23,25H,13-16,20,33H2,(H,34,35,36). The van der Waals surface area contributed by atoms with Crippen LogP contribution in [0.2, 0.25) is 5.02 Å². The average Bonchev–Trinajstić information content (AvgIpc) is 3.34. The molecular formula is C31H30ClN5O. The zero-order valence-corrected chi connectivity index (χ0v) is 21.8. The Balaban J connectivity index is 1.17. The number of hydrogen-bond donors (Lipinski definition) is 2. The Hall–Kier alpha value is -3.87. The number of rotatable bonds is 7. The summed E-state index contributed by atoms with van der Waals surface area (Å²) in [4.78, 5) is 9.39. The van der Waals surface area contributed by atoms with E-state index in [2.05, 4.69) is 57.5 Å². The highest BCUT2D eigenvalue weighted by Gasteiger charge is 2.23. The molecule has 0 bridgehead atoms. The van der Waals surface area contributed by atoms with Crippen LogP contribution in [0.4, 0.5) is 11.6 Å². The zero-order chi connectivity index (χ0) is 25.9. The molecule has 0 amide bonds. The second kappa shape index (κ2) is 10.9. The molecule has 0 atom stereocenters. The lowest BCUT2D eigenvalue weighted by molar-refractivity contribution is 0.0149. The summed E-state index contributed by atoms with van der Waals surface area (Å²) >= 11 is 6.66. The highest BCUT2D eigenvalue weighted by molar-refractivity contribution is 6.33. The van der Waals surface area contributed by atoms with E-state index in [9.17, 15) is 0 Å². The summed E-state index contributed by atoms with van der Waals surface area (Å²) in [6.45, 7) is 0.591. The summed E-state index contributed by atoms with van der Waals surface area (Å²) in [6, 6.07) is 26.8. The van der Waals surface area contributed by atoms with Crippen molar-refractivity contribution in [2.24, 2.45) is 0 Å². The van der Waals surface area contributed by atoms with E-state index in [-0.39, 0.29) is 6.10 Å². The Morgan fingerprint density at radius 3 is 2.55 bits per heavy atom. The lowest BCUT2D eigenvalue weighted by Gasteiger charge is -2.29. The minimum Gasteiger partial charge on any atom is -0.399 e. The molecule has 0 aliphatic heterocycles. The van der Waals surface area contributed by atoms with Gasteiger partial charge in [-0.3, -0.25) is 0 Å². The van der Waals surface area contributed by atoms with E-state index in [0.717, 1.165) is 64.8 Å². The summed E-state index contributed by atoms with van der Waals surface area (Å²) < 4.78 is 8.34. The van der Waals surface area contributed by atoms with Crippen LogP contribution in [-0.4, -0.2) is 26.7 Å². The number of nitrogens with zero attached hydrogens (tertiary/aromatic N) is 3. The van der Waals surface area contributed by atoms with E-state index < -0.39 is 0 Å². The van der Waals surface area contributed by atoms with Crippen LogP contribution in [0, 0.1) is 0 Å². The fraction of sp³-hybridized carbons (Fsp3) is 0.226. The monoisotopic (exact) mass is 523 g/mol. The van der Waals surface area contributed by atoms with Crippen molar-refractivity contribution in [3.8, 4) is 16.9 Å². The Morgan fingerprint density at radius 1 is 0.947 bits per heavy atom. The van der Waals surface area contributed by atoms with Crippen LogP contribution in [0.3, 0.4) is 0 Å². The number of halogens is 1. The van der Waals surface area contributed by atoms with Gasteiger partial charge in [-0.1, -0.05) is 60.1 Å². The number of hydrogen-bond acceptors (Lipinski definition) is 5. The molecular weight excluding hydrogens is 494 g/mol. The van der Waals surface area contributed by atoms with E-state index in [1.807, 2.05) is 42.5 Å². The van der Waals surface area contributed by atoms with Gasteiger partial charge in [-0.15, -0.1) is 0 Å². The predicted molar refractivity (Wildman–Crippen MR) is 155 cm³/mol. The van der Waals surface area contributed by atoms with E-state index in [4.69, 9.17) is 27.1 Å². The predicted octanol–water partition coefficient (Wildman–Crippen LogP) is 7.26. The molecule has 1 aliphatic rings. The summed E-state index contributed by atoms with van der Waals surface area (Å²) in [5.74, 6) is 0.602. The van der Waals surface area contributed by atoms with Gasteiger partial charge in [-0.25, -0.2) is 9.97 Å². The van der Waals surface area contributed by atoms with Crippen LogP contribution in [0.1, 0.15) is 31.2 Å². The number of para-hydroxylation sites is 2. The van der Waals surface area contributed by atoms with Gasteiger partial charge < -0.3 is 20.4 Å². The fourth-order valence-electron chi connectivity index (χ4n) is 5.25. The first-order valence-corrected chi connectivity index (χ1v) is 13.4. The first-order chi connectivity index (χ1) is 18.6. The van der Waals surface area contributed by atoms with Crippen LogP contribution < -0.4 is 11.1 Å². The number of nitrogen functional groups attached to an aromatic ring is 1. The van der Waals surface area contributed by atoms with Crippen molar-refractivity contribution in [1.29, 1.82) is 0 Å². The third-order valence-electron chi connectivity index (χ3n) is 7.19. The van der Waals surface area contributed by atoms with Crippen LogP contribution in [-0.2, 0) is 11.3 Å². The van der Waals surface area contributed by atoms with Gasteiger partial charge >= 0.3 is 0 Å². The molecule has 2 heterocycles. The maximum absolute atomic E-state index is 6.66. The fourth-order valence-corrected chi connectivity index (χ4v) is 5.44. The van der Waals surface area contributed by atoms with E-state index in [1.165, 1.54) is 0 Å². The number of anilines is 2. The molecule has 7 heteroatoms. The van der Waals surface area contributed by atoms with E-state index in [0.29, 0.717) is 23.6 Å². The Labute approximate surface area is 227 Å². The van der Waals surface area contributed by atoms with Crippen LogP contribution in [0.25, 0.3) is 27.8 Å². The van der Waals surface area contributed by atoms with Gasteiger partial charge in [0.1, 0.15) is 0 Å². The molecule has 192 valence electrons. The molecule has 3 N–H and O–H groups in total. The Kier molecular flexibility index (Phi) is 6.99.